The molecular weight excluding hydrogens is 442 g/mol. The number of nitrogens with one attached hydrogen (secondary N) is 2. The summed E-state index contributed by atoms with van der Waals surface area (Å²) in [5, 5.41) is 4.08. The Morgan fingerprint density at radius 1 is 1.16 bits per heavy atom. The van der Waals surface area contributed by atoms with Gasteiger partial charge in [0.1, 0.15) is 0 Å². The molecule has 1 saturated heterocycles. The lowest BCUT2D eigenvalue weighted by Gasteiger charge is -2.28. The van der Waals surface area contributed by atoms with E-state index in [1.807, 2.05) is 30.3 Å². The van der Waals surface area contributed by atoms with E-state index in [0.29, 0.717) is 10.8 Å². The van der Waals surface area contributed by atoms with E-state index < -0.39 is 10.0 Å². The highest BCUT2D eigenvalue weighted by Gasteiger charge is 2.42. The second-order valence-electron chi connectivity index (χ2n) is 7.99. The largest absolute Gasteiger partial charge is 0.351 e. The molecule has 4 rings (SSSR count). The van der Waals surface area contributed by atoms with Gasteiger partial charge in [0.2, 0.25) is 10.0 Å². The Kier molecular flexibility index (Phi) is 5.96. The van der Waals surface area contributed by atoms with Crippen molar-refractivity contribution in [2.45, 2.75) is 39.4 Å². The standard InChI is InChI=1S/C23H27N5O2S2/c1-5-27-15(2)14-19(16(27)3)22-21(20-8-6-7-13-24-20)25-23(31)28(22)18-11-9-17(10-12-18)26-32(4,29)30/h6-14,21-22,26H,5H2,1-4H3,(H,25,31)/t21-,22-/m1/s1. The van der Waals surface area contributed by atoms with Crippen LogP contribution >= 0.6 is 12.2 Å². The number of rotatable bonds is 6. The van der Waals surface area contributed by atoms with Crippen molar-refractivity contribution in [1.82, 2.24) is 14.9 Å². The highest BCUT2D eigenvalue weighted by molar-refractivity contribution is 7.92. The fraction of sp³-hybridized carbons (Fsp3) is 0.304. The molecule has 0 amide bonds. The van der Waals surface area contributed by atoms with Gasteiger partial charge in [-0.25, -0.2) is 8.42 Å². The van der Waals surface area contributed by atoms with Crippen LogP contribution in [0.5, 0.6) is 0 Å². The molecule has 7 nitrogen and oxygen atoms in total. The molecule has 1 aliphatic heterocycles. The SMILES string of the molecule is CCn1c(C)cc([C@@H]2[C@@H](c3ccccn3)NC(=S)N2c2ccc(NS(C)(=O)=O)cc2)c1C. The summed E-state index contributed by atoms with van der Waals surface area (Å²) in [6.45, 7) is 7.29. The minimum absolute atomic E-state index is 0.0994. The van der Waals surface area contributed by atoms with Gasteiger partial charge in [0.15, 0.2) is 5.11 Å². The summed E-state index contributed by atoms with van der Waals surface area (Å²) in [5.74, 6) is 0. The number of aromatic nitrogens is 2. The lowest BCUT2D eigenvalue weighted by molar-refractivity contribution is 0.563. The normalized spacial score (nSPS) is 18.6. The molecule has 0 bridgehead atoms. The Hall–Kier alpha value is -2.91. The minimum atomic E-state index is -3.34. The number of pyridine rings is 1. The maximum atomic E-state index is 11.6. The van der Waals surface area contributed by atoms with Crippen LogP contribution in [-0.4, -0.2) is 29.3 Å². The van der Waals surface area contributed by atoms with Crippen LogP contribution in [0, 0.1) is 13.8 Å². The smallest absolute Gasteiger partial charge is 0.229 e. The van der Waals surface area contributed by atoms with E-state index in [2.05, 4.69) is 51.3 Å². The number of hydrogen-bond acceptors (Lipinski definition) is 4. The maximum Gasteiger partial charge on any atom is 0.229 e. The highest BCUT2D eigenvalue weighted by Crippen LogP contribution is 2.43. The van der Waals surface area contributed by atoms with E-state index in [1.165, 1.54) is 17.0 Å². The molecule has 0 saturated carbocycles. The van der Waals surface area contributed by atoms with Gasteiger partial charge in [0.25, 0.3) is 0 Å². The molecule has 1 fully saturated rings. The Morgan fingerprint density at radius 2 is 1.88 bits per heavy atom. The fourth-order valence-corrected chi connectivity index (χ4v) is 5.38. The molecule has 1 aromatic carbocycles. The summed E-state index contributed by atoms with van der Waals surface area (Å²) in [6.07, 6.45) is 2.93. The number of sulfonamides is 1. The Bertz CT molecular complexity index is 1240. The average molecular weight is 470 g/mol. The van der Waals surface area contributed by atoms with Crippen LogP contribution in [-0.2, 0) is 16.6 Å². The molecule has 1 aliphatic rings. The predicted octanol–water partition coefficient (Wildman–Crippen LogP) is 4.07. The number of benzene rings is 1. The molecule has 2 N–H and O–H groups in total. The molecule has 2 aromatic heterocycles. The summed E-state index contributed by atoms with van der Waals surface area (Å²) in [4.78, 5) is 6.70. The van der Waals surface area contributed by atoms with Gasteiger partial charge in [-0.2, -0.15) is 0 Å². The van der Waals surface area contributed by atoms with E-state index in [9.17, 15) is 8.42 Å². The minimum Gasteiger partial charge on any atom is -0.351 e. The third-order valence-electron chi connectivity index (χ3n) is 5.79. The number of nitrogens with zero attached hydrogens (tertiary/aromatic N) is 3. The van der Waals surface area contributed by atoms with Crippen molar-refractivity contribution in [2.75, 3.05) is 15.9 Å². The first-order valence-corrected chi connectivity index (χ1v) is 12.7. The first-order chi connectivity index (χ1) is 15.2. The van der Waals surface area contributed by atoms with Crippen molar-refractivity contribution in [3.05, 3.63) is 77.4 Å². The van der Waals surface area contributed by atoms with Crippen molar-refractivity contribution in [2.24, 2.45) is 0 Å². The number of anilines is 2. The van der Waals surface area contributed by atoms with Gasteiger partial charge in [0.05, 0.1) is 24.0 Å². The van der Waals surface area contributed by atoms with Gasteiger partial charge in [0, 0.05) is 35.5 Å². The zero-order valence-corrected chi connectivity index (χ0v) is 20.2. The average Bonchev–Trinajstić information content (AvgIpc) is 3.23. The zero-order valence-electron chi connectivity index (χ0n) is 18.5. The summed E-state index contributed by atoms with van der Waals surface area (Å²) < 4.78 is 27.9. The van der Waals surface area contributed by atoms with Gasteiger partial charge >= 0.3 is 0 Å². The van der Waals surface area contributed by atoms with Gasteiger partial charge in [-0.1, -0.05) is 6.07 Å². The Balaban J connectivity index is 1.80. The molecule has 168 valence electrons. The third kappa shape index (κ3) is 4.22. The zero-order chi connectivity index (χ0) is 23.0. The molecule has 32 heavy (non-hydrogen) atoms. The van der Waals surface area contributed by atoms with Crippen LogP contribution in [0.1, 0.15) is 41.7 Å². The van der Waals surface area contributed by atoms with E-state index in [4.69, 9.17) is 12.2 Å². The molecule has 0 radical (unpaired) electrons. The number of thiocarbonyl (C=S) groups is 1. The Morgan fingerprint density at radius 3 is 2.44 bits per heavy atom. The summed E-state index contributed by atoms with van der Waals surface area (Å²) >= 11 is 5.78. The fourth-order valence-electron chi connectivity index (χ4n) is 4.47. The number of aryl methyl sites for hydroxylation is 1. The van der Waals surface area contributed by atoms with Gasteiger partial charge in [-0.15, -0.1) is 0 Å². The lowest BCUT2D eigenvalue weighted by Crippen LogP contribution is -2.29. The van der Waals surface area contributed by atoms with Crippen molar-refractivity contribution in [3.8, 4) is 0 Å². The van der Waals surface area contributed by atoms with Crippen LogP contribution in [0.15, 0.2) is 54.7 Å². The van der Waals surface area contributed by atoms with Crippen LogP contribution in [0.4, 0.5) is 11.4 Å². The molecule has 0 aliphatic carbocycles. The van der Waals surface area contributed by atoms with Crippen LogP contribution in [0.2, 0.25) is 0 Å². The molecular formula is C23H27N5O2S2. The topological polar surface area (TPSA) is 79.3 Å². The quantitative estimate of drug-likeness (QED) is 0.530. The monoisotopic (exact) mass is 469 g/mol. The molecule has 9 heteroatoms. The first kappa shape index (κ1) is 22.3. The van der Waals surface area contributed by atoms with Crippen LogP contribution < -0.4 is 14.9 Å². The summed E-state index contributed by atoms with van der Waals surface area (Å²) in [5.41, 5.74) is 5.89. The Labute approximate surface area is 194 Å². The van der Waals surface area contributed by atoms with Crippen molar-refractivity contribution in [1.29, 1.82) is 0 Å². The van der Waals surface area contributed by atoms with E-state index >= 15 is 0 Å². The molecule has 3 aromatic rings. The van der Waals surface area contributed by atoms with Crippen molar-refractivity contribution < 1.29 is 8.42 Å². The van der Waals surface area contributed by atoms with Crippen molar-refractivity contribution >= 4 is 38.7 Å². The van der Waals surface area contributed by atoms with Crippen LogP contribution in [0.25, 0.3) is 0 Å². The lowest BCUT2D eigenvalue weighted by atomic mass is 9.96. The second-order valence-corrected chi connectivity index (χ2v) is 10.1. The number of hydrogen-bond donors (Lipinski definition) is 2. The second kappa shape index (κ2) is 8.55. The van der Waals surface area contributed by atoms with E-state index in [1.54, 1.807) is 18.3 Å². The van der Waals surface area contributed by atoms with Gasteiger partial charge in [-0.3, -0.25) is 9.71 Å². The predicted molar refractivity (Wildman–Crippen MR) is 132 cm³/mol. The third-order valence-corrected chi connectivity index (χ3v) is 6.72. The van der Waals surface area contributed by atoms with Gasteiger partial charge < -0.3 is 14.8 Å². The van der Waals surface area contributed by atoms with Gasteiger partial charge in [-0.05, 0) is 81.0 Å². The molecule has 2 atom stereocenters. The molecule has 3 heterocycles. The molecule has 0 unspecified atom stereocenters. The van der Waals surface area contributed by atoms with E-state index in [-0.39, 0.29) is 12.1 Å². The first-order valence-electron chi connectivity index (χ1n) is 10.4. The summed E-state index contributed by atoms with van der Waals surface area (Å²) in [6, 6.07) is 15.2. The maximum absolute atomic E-state index is 11.6. The summed E-state index contributed by atoms with van der Waals surface area (Å²) in [7, 11) is -3.34. The van der Waals surface area contributed by atoms with E-state index in [0.717, 1.165) is 24.2 Å². The van der Waals surface area contributed by atoms with Crippen molar-refractivity contribution in [3.63, 3.8) is 0 Å². The highest BCUT2D eigenvalue weighted by atomic mass is 32.2. The molecule has 0 spiro atoms. The van der Waals surface area contributed by atoms with Crippen LogP contribution in [0.3, 0.4) is 0 Å².